The molecule has 148 valence electrons. The van der Waals surface area contributed by atoms with E-state index in [1.54, 1.807) is 4.90 Å². The summed E-state index contributed by atoms with van der Waals surface area (Å²) in [4.78, 5) is 25.2. The van der Waals surface area contributed by atoms with Gasteiger partial charge in [-0.15, -0.1) is 0 Å². The fourth-order valence-electron chi connectivity index (χ4n) is 3.38. The van der Waals surface area contributed by atoms with Gasteiger partial charge in [-0.05, 0) is 55.5 Å². The summed E-state index contributed by atoms with van der Waals surface area (Å²) in [7, 11) is 0. The summed E-state index contributed by atoms with van der Waals surface area (Å²) in [6.45, 7) is 6.29. The highest BCUT2D eigenvalue weighted by molar-refractivity contribution is 5.78. The Bertz CT molecular complexity index is 872. The number of ether oxygens (including phenoxy) is 1. The number of nitrogens with one attached hydrogen (secondary N) is 1. The van der Waals surface area contributed by atoms with Crippen LogP contribution in [0.4, 0.5) is 10.5 Å². The van der Waals surface area contributed by atoms with Crippen LogP contribution in [0.3, 0.4) is 0 Å². The molecule has 3 rings (SSSR count). The molecule has 0 fully saturated rings. The van der Waals surface area contributed by atoms with Gasteiger partial charge in [-0.1, -0.05) is 36.4 Å². The maximum Gasteiger partial charge on any atom is 0.410 e. The van der Waals surface area contributed by atoms with E-state index in [4.69, 9.17) is 9.84 Å². The Hall–Kier alpha value is -3.02. The molecule has 2 aromatic rings. The zero-order valence-electron chi connectivity index (χ0n) is 16.5. The fourth-order valence-corrected chi connectivity index (χ4v) is 3.38. The van der Waals surface area contributed by atoms with Gasteiger partial charge in [-0.2, -0.15) is 0 Å². The van der Waals surface area contributed by atoms with E-state index in [2.05, 4.69) is 17.4 Å². The van der Waals surface area contributed by atoms with Crippen molar-refractivity contribution in [1.82, 2.24) is 4.90 Å². The van der Waals surface area contributed by atoms with E-state index in [1.807, 2.05) is 51.1 Å². The van der Waals surface area contributed by atoms with E-state index < -0.39 is 11.6 Å². The molecule has 1 aliphatic rings. The van der Waals surface area contributed by atoms with Gasteiger partial charge in [-0.3, -0.25) is 4.79 Å². The van der Waals surface area contributed by atoms with E-state index in [-0.39, 0.29) is 12.6 Å². The first-order chi connectivity index (χ1) is 13.2. The lowest BCUT2D eigenvalue weighted by Gasteiger charge is -2.33. The number of nitrogens with zero attached hydrogens (tertiary/aromatic N) is 1. The van der Waals surface area contributed by atoms with Gasteiger partial charge < -0.3 is 20.1 Å². The smallest absolute Gasteiger partial charge is 0.410 e. The summed E-state index contributed by atoms with van der Waals surface area (Å²) < 4.78 is 5.52. The largest absolute Gasteiger partial charge is 0.480 e. The van der Waals surface area contributed by atoms with Gasteiger partial charge in [0.15, 0.2) is 0 Å². The van der Waals surface area contributed by atoms with Gasteiger partial charge in [-0.25, -0.2) is 4.79 Å². The highest BCUT2D eigenvalue weighted by Crippen LogP contribution is 2.35. The second kappa shape index (κ2) is 7.92. The van der Waals surface area contributed by atoms with Crippen LogP contribution in [-0.4, -0.2) is 40.8 Å². The molecule has 0 atom stereocenters. The summed E-state index contributed by atoms with van der Waals surface area (Å²) in [5, 5.41) is 12.0. The number of anilines is 1. The highest BCUT2D eigenvalue weighted by Gasteiger charge is 2.28. The third-order valence-corrected chi connectivity index (χ3v) is 4.58. The van der Waals surface area contributed by atoms with E-state index >= 15 is 0 Å². The molecule has 2 aromatic carbocycles. The van der Waals surface area contributed by atoms with Crippen LogP contribution in [0.1, 0.15) is 31.9 Å². The van der Waals surface area contributed by atoms with Crippen LogP contribution in [0.2, 0.25) is 0 Å². The third kappa shape index (κ3) is 4.63. The van der Waals surface area contributed by atoms with Crippen molar-refractivity contribution in [3.8, 4) is 11.1 Å². The van der Waals surface area contributed by atoms with Crippen molar-refractivity contribution in [3.05, 3.63) is 53.6 Å². The Balaban J connectivity index is 1.96. The molecule has 0 unspecified atom stereocenters. The summed E-state index contributed by atoms with van der Waals surface area (Å²) in [6, 6.07) is 14.0. The Kier molecular flexibility index (Phi) is 5.58. The first-order valence-corrected chi connectivity index (χ1v) is 9.38. The van der Waals surface area contributed by atoms with E-state index in [9.17, 15) is 9.59 Å². The number of amides is 1. The summed E-state index contributed by atoms with van der Waals surface area (Å²) >= 11 is 0. The average Bonchev–Trinajstić information content (AvgIpc) is 2.64. The third-order valence-electron chi connectivity index (χ3n) is 4.58. The molecule has 0 saturated heterocycles. The van der Waals surface area contributed by atoms with Crippen LogP contribution < -0.4 is 5.32 Å². The minimum Gasteiger partial charge on any atom is -0.480 e. The fraction of sp³-hybridized carbons (Fsp3) is 0.364. The van der Waals surface area contributed by atoms with Crippen LogP contribution >= 0.6 is 0 Å². The first-order valence-electron chi connectivity index (χ1n) is 9.38. The molecule has 6 heteroatoms. The summed E-state index contributed by atoms with van der Waals surface area (Å²) in [6.07, 6.45) is 0.328. The number of carbonyl (C=O) groups excluding carboxylic acids is 1. The highest BCUT2D eigenvalue weighted by atomic mass is 16.6. The Morgan fingerprint density at radius 2 is 1.82 bits per heavy atom. The van der Waals surface area contributed by atoms with Crippen molar-refractivity contribution in [2.45, 2.75) is 39.3 Å². The van der Waals surface area contributed by atoms with Crippen molar-refractivity contribution in [2.75, 3.05) is 18.4 Å². The molecule has 1 heterocycles. The van der Waals surface area contributed by atoms with Crippen molar-refractivity contribution < 1.29 is 19.4 Å². The van der Waals surface area contributed by atoms with Crippen molar-refractivity contribution >= 4 is 17.7 Å². The van der Waals surface area contributed by atoms with Gasteiger partial charge in [0.1, 0.15) is 12.1 Å². The molecule has 28 heavy (non-hydrogen) atoms. The molecule has 1 aliphatic heterocycles. The Morgan fingerprint density at radius 1 is 1.11 bits per heavy atom. The number of benzene rings is 2. The van der Waals surface area contributed by atoms with E-state index in [1.165, 1.54) is 0 Å². The van der Waals surface area contributed by atoms with Gasteiger partial charge in [0, 0.05) is 12.2 Å². The number of fused-ring (bicyclic) bond motifs is 1. The monoisotopic (exact) mass is 382 g/mol. The predicted octanol–water partition coefficient (Wildman–Crippen LogP) is 4.14. The van der Waals surface area contributed by atoms with Gasteiger partial charge in [0.2, 0.25) is 0 Å². The second-order valence-electron chi connectivity index (χ2n) is 7.88. The quantitative estimate of drug-likeness (QED) is 0.831. The van der Waals surface area contributed by atoms with Crippen LogP contribution in [0.25, 0.3) is 11.1 Å². The Morgan fingerprint density at radius 3 is 2.46 bits per heavy atom. The number of carboxylic acid groups (broad SMARTS) is 1. The first kappa shape index (κ1) is 19.7. The predicted molar refractivity (Wildman–Crippen MR) is 108 cm³/mol. The van der Waals surface area contributed by atoms with Crippen LogP contribution in [0, 0.1) is 0 Å². The van der Waals surface area contributed by atoms with Gasteiger partial charge in [0.05, 0.1) is 6.54 Å². The topological polar surface area (TPSA) is 78.9 Å². The zero-order valence-corrected chi connectivity index (χ0v) is 16.5. The van der Waals surface area contributed by atoms with Crippen LogP contribution in [-0.2, 0) is 22.5 Å². The molecule has 6 nitrogen and oxygen atoms in total. The van der Waals surface area contributed by atoms with E-state index in [0.717, 1.165) is 27.9 Å². The van der Waals surface area contributed by atoms with Crippen molar-refractivity contribution in [3.63, 3.8) is 0 Å². The van der Waals surface area contributed by atoms with E-state index in [0.29, 0.717) is 19.5 Å². The molecule has 0 radical (unpaired) electrons. The van der Waals surface area contributed by atoms with Crippen molar-refractivity contribution in [2.24, 2.45) is 0 Å². The lowest BCUT2D eigenvalue weighted by molar-refractivity contribution is -0.134. The lowest BCUT2D eigenvalue weighted by atomic mass is 9.89. The molecule has 0 aromatic heterocycles. The second-order valence-corrected chi connectivity index (χ2v) is 7.88. The normalized spacial score (nSPS) is 13.6. The maximum absolute atomic E-state index is 12.5. The maximum atomic E-state index is 12.5. The number of carboxylic acids is 1. The SMILES string of the molecule is CC(C)(C)OC(=O)N1CCc2c(-c3ccccc3)ccc(NCC(=O)O)c2C1. The number of rotatable bonds is 4. The van der Waals surface area contributed by atoms with Crippen LogP contribution in [0.15, 0.2) is 42.5 Å². The number of hydrogen-bond acceptors (Lipinski definition) is 4. The van der Waals surface area contributed by atoms with Gasteiger partial charge in [0.25, 0.3) is 0 Å². The number of aliphatic carboxylic acids is 1. The minimum atomic E-state index is -0.930. The minimum absolute atomic E-state index is 0.177. The van der Waals surface area contributed by atoms with Crippen LogP contribution in [0.5, 0.6) is 0 Å². The molecule has 2 N–H and O–H groups in total. The Labute approximate surface area is 165 Å². The standard InChI is InChI=1S/C22H26N2O4/c1-22(2,3)28-21(27)24-12-11-17-16(15-7-5-4-6-8-15)9-10-19(18(17)14-24)23-13-20(25)26/h4-10,23H,11-14H2,1-3H3,(H,25,26). The van der Waals surface area contributed by atoms with Gasteiger partial charge >= 0.3 is 12.1 Å². The molecule has 0 aliphatic carbocycles. The molecular weight excluding hydrogens is 356 g/mol. The average molecular weight is 382 g/mol. The zero-order chi connectivity index (χ0) is 20.3. The number of hydrogen-bond donors (Lipinski definition) is 2. The molecule has 0 saturated carbocycles. The number of carbonyl (C=O) groups is 2. The molecule has 0 spiro atoms. The molecule has 1 amide bonds. The lowest BCUT2D eigenvalue weighted by Crippen LogP contribution is -2.40. The van der Waals surface area contributed by atoms with Crippen molar-refractivity contribution in [1.29, 1.82) is 0 Å². The molecule has 0 bridgehead atoms. The summed E-state index contributed by atoms with van der Waals surface area (Å²) in [5.41, 5.74) is 4.48. The summed E-state index contributed by atoms with van der Waals surface area (Å²) in [5.74, 6) is -0.930. The molecular formula is C22H26N2O4.